The zero-order chi connectivity index (χ0) is 13.3. The fourth-order valence-electron chi connectivity index (χ4n) is 2.54. The largest absolute Gasteiger partial charge is 0.373 e. The van der Waals surface area contributed by atoms with Gasteiger partial charge in [-0.25, -0.2) is 0 Å². The predicted octanol–water partition coefficient (Wildman–Crippen LogP) is 2.47. The van der Waals surface area contributed by atoms with E-state index < -0.39 is 0 Å². The van der Waals surface area contributed by atoms with Gasteiger partial charge in [0.25, 0.3) is 5.91 Å². The Balaban J connectivity index is 1.69. The average Bonchev–Trinajstić information content (AvgIpc) is 3.04. The maximum atomic E-state index is 12.1. The van der Waals surface area contributed by atoms with E-state index in [1.165, 1.54) is 0 Å². The van der Waals surface area contributed by atoms with Gasteiger partial charge in [-0.3, -0.25) is 4.79 Å². The quantitative estimate of drug-likeness (QED) is 0.888. The van der Waals surface area contributed by atoms with E-state index in [0.717, 1.165) is 30.4 Å². The SMILES string of the molecule is CC1(CNC(=O)c2ccc3[nH]ccc3c2)CCCO1. The van der Waals surface area contributed by atoms with E-state index >= 15 is 0 Å². The number of rotatable bonds is 3. The highest BCUT2D eigenvalue weighted by atomic mass is 16.5. The standard InChI is InChI=1S/C15H18N2O2/c1-15(6-2-8-19-15)10-17-14(18)12-3-4-13-11(9-12)5-7-16-13/h3-5,7,9,16H,2,6,8,10H2,1H3,(H,17,18). The zero-order valence-electron chi connectivity index (χ0n) is 11.0. The molecule has 1 fully saturated rings. The van der Waals surface area contributed by atoms with E-state index in [9.17, 15) is 4.79 Å². The van der Waals surface area contributed by atoms with Crippen molar-refractivity contribution >= 4 is 16.8 Å². The van der Waals surface area contributed by atoms with Gasteiger partial charge in [-0.1, -0.05) is 0 Å². The predicted molar refractivity (Wildman–Crippen MR) is 74.2 cm³/mol. The van der Waals surface area contributed by atoms with Gasteiger partial charge in [0, 0.05) is 35.8 Å². The molecule has 0 bridgehead atoms. The lowest BCUT2D eigenvalue weighted by Crippen LogP contribution is -2.40. The van der Waals surface area contributed by atoms with Gasteiger partial charge in [-0.05, 0) is 44.0 Å². The Hall–Kier alpha value is -1.81. The van der Waals surface area contributed by atoms with Crippen LogP contribution in [0.15, 0.2) is 30.5 Å². The van der Waals surface area contributed by atoms with Crippen molar-refractivity contribution in [3.05, 3.63) is 36.0 Å². The molecule has 1 atom stereocenters. The summed E-state index contributed by atoms with van der Waals surface area (Å²) < 4.78 is 5.66. The van der Waals surface area contributed by atoms with E-state index in [0.29, 0.717) is 12.1 Å². The number of carbonyl (C=O) groups excluding carboxylic acids is 1. The molecule has 3 rings (SSSR count). The van der Waals surface area contributed by atoms with E-state index in [-0.39, 0.29) is 11.5 Å². The van der Waals surface area contributed by atoms with E-state index in [4.69, 9.17) is 4.74 Å². The molecule has 19 heavy (non-hydrogen) atoms. The van der Waals surface area contributed by atoms with Crippen molar-refractivity contribution in [3.8, 4) is 0 Å². The summed E-state index contributed by atoms with van der Waals surface area (Å²) in [4.78, 5) is 15.2. The van der Waals surface area contributed by atoms with Gasteiger partial charge in [0.1, 0.15) is 0 Å². The van der Waals surface area contributed by atoms with E-state index in [1.54, 1.807) is 0 Å². The molecular formula is C15H18N2O2. The molecule has 1 unspecified atom stereocenters. The number of fused-ring (bicyclic) bond motifs is 1. The van der Waals surface area contributed by atoms with Crippen molar-refractivity contribution in [1.29, 1.82) is 0 Å². The number of hydrogen-bond donors (Lipinski definition) is 2. The Kier molecular flexibility index (Phi) is 3.03. The maximum Gasteiger partial charge on any atom is 0.251 e. The van der Waals surface area contributed by atoms with Gasteiger partial charge in [0.15, 0.2) is 0 Å². The molecule has 0 saturated carbocycles. The first-order valence-corrected chi connectivity index (χ1v) is 6.66. The molecule has 1 aromatic heterocycles. The monoisotopic (exact) mass is 258 g/mol. The summed E-state index contributed by atoms with van der Waals surface area (Å²) in [7, 11) is 0. The number of amides is 1. The molecule has 2 N–H and O–H groups in total. The Bertz CT molecular complexity index is 597. The van der Waals surface area contributed by atoms with Crippen LogP contribution in [0.2, 0.25) is 0 Å². The summed E-state index contributed by atoms with van der Waals surface area (Å²) in [6.45, 7) is 3.41. The molecule has 1 saturated heterocycles. The number of aromatic amines is 1. The van der Waals surface area contributed by atoms with Gasteiger partial charge in [0.05, 0.1) is 5.60 Å². The van der Waals surface area contributed by atoms with Crippen LogP contribution in [-0.4, -0.2) is 29.6 Å². The second-order valence-corrected chi connectivity index (χ2v) is 5.36. The van der Waals surface area contributed by atoms with E-state index in [1.807, 2.05) is 30.5 Å². The van der Waals surface area contributed by atoms with Crippen LogP contribution in [0.25, 0.3) is 10.9 Å². The average molecular weight is 258 g/mol. The lowest BCUT2D eigenvalue weighted by atomic mass is 10.0. The molecule has 100 valence electrons. The molecule has 0 radical (unpaired) electrons. The Labute approximate surface area is 112 Å². The van der Waals surface area contributed by atoms with Crippen LogP contribution in [0.3, 0.4) is 0 Å². The highest BCUT2D eigenvalue weighted by Crippen LogP contribution is 2.24. The highest BCUT2D eigenvalue weighted by Gasteiger charge is 2.30. The minimum absolute atomic E-state index is 0.0418. The van der Waals surface area contributed by atoms with Crippen LogP contribution in [0.1, 0.15) is 30.1 Å². The van der Waals surface area contributed by atoms with Gasteiger partial charge in [-0.15, -0.1) is 0 Å². The number of ether oxygens (including phenoxy) is 1. The molecule has 0 aliphatic carbocycles. The van der Waals surface area contributed by atoms with Gasteiger partial charge in [0.2, 0.25) is 0 Å². The molecule has 4 nitrogen and oxygen atoms in total. The minimum Gasteiger partial charge on any atom is -0.373 e. The van der Waals surface area contributed by atoms with Crippen LogP contribution in [-0.2, 0) is 4.74 Å². The van der Waals surface area contributed by atoms with Crippen molar-refractivity contribution in [3.63, 3.8) is 0 Å². The molecule has 1 aromatic carbocycles. The minimum atomic E-state index is -0.201. The Morgan fingerprint density at radius 3 is 3.16 bits per heavy atom. The number of aromatic nitrogens is 1. The van der Waals surface area contributed by atoms with Crippen LogP contribution >= 0.6 is 0 Å². The summed E-state index contributed by atoms with van der Waals surface area (Å²) in [5, 5.41) is 4.02. The first-order valence-electron chi connectivity index (χ1n) is 6.66. The summed E-state index contributed by atoms with van der Waals surface area (Å²) >= 11 is 0. The second kappa shape index (κ2) is 4.70. The Morgan fingerprint density at radius 1 is 1.47 bits per heavy atom. The number of carbonyl (C=O) groups is 1. The fourth-order valence-corrected chi connectivity index (χ4v) is 2.54. The molecule has 0 spiro atoms. The number of H-pyrrole nitrogens is 1. The molecule has 1 aliphatic heterocycles. The third-order valence-corrected chi connectivity index (χ3v) is 3.74. The second-order valence-electron chi connectivity index (χ2n) is 5.36. The maximum absolute atomic E-state index is 12.1. The van der Waals surface area contributed by atoms with Gasteiger partial charge < -0.3 is 15.0 Å². The summed E-state index contributed by atoms with van der Waals surface area (Å²) in [5.41, 5.74) is 1.53. The summed E-state index contributed by atoms with van der Waals surface area (Å²) in [6, 6.07) is 7.64. The molecule has 2 heterocycles. The third kappa shape index (κ3) is 2.49. The van der Waals surface area contributed by atoms with E-state index in [2.05, 4.69) is 17.2 Å². The normalized spacial score (nSPS) is 22.8. The first kappa shape index (κ1) is 12.2. The molecular weight excluding hydrogens is 240 g/mol. The lowest BCUT2D eigenvalue weighted by molar-refractivity contribution is 0.0206. The highest BCUT2D eigenvalue weighted by molar-refractivity contribution is 5.98. The van der Waals surface area contributed by atoms with Crippen molar-refractivity contribution in [2.45, 2.75) is 25.4 Å². The third-order valence-electron chi connectivity index (χ3n) is 3.74. The molecule has 4 heteroatoms. The van der Waals surface area contributed by atoms with Crippen LogP contribution in [0.5, 0.6) is 0 Å². The molecule has 1 aliphatic rings. The molecule has 2 aromatic rings. The zero-order valence-corrected chi connectivity index (χ0v) is 11.0. The topological polar surface area (TPSA) is 54.1 Å². The number of nitrogens with one attached hydrogen (secondary N) is 2. The van der Waals surface area contributed by atoms with Crippen molar-refractivity contribution in [2.24, 2.45) is 0 Å². The lowest BCUT2D eigenvalue weighted by Gasteiger charge is -2.23. The van der Waals surface area contributed by atoms with Crippen molar-refractivity contribution < 1.29 is 9.53 Å². The van der Waals surface area contributed by atoms with Crippen molar-refractivity contribution in [1.82, 2.24) is 10.3 Å². The fraction of sp³-hybridized carbons (Fsp3) is 0.400. The summed E-state index contributed by atoms with van der Waals surface area (Å²) in [5.74, 6) is -0.0418. The van der Waals surface area contributed by atoms with Crippen molar-refractivity contribution in [2.75, 3.05) is 13.2 Å². The number of benzene rings is 1. The van der Waals surface area contributed by atoms with Crippen LogP contribution in [0.4, 0.5) is 0 Å². The Morgan fingerprint density at radius 2 is 2.37 bits per heavy atom. The van der Waals surface area contributed by atoms with Crippen LogP contribution < -0.4 is 5.32 Å². The first-order chi connectivity index (χ1) is 9.16. The molecule has 1 amide bonds. The summed E-state index contributed by atoms with van der Waals surface area (Å²) in [6.07, 6.45) is 3.95. The van der Waals surface area contributed by atoms with Crippen LogP contribution in [0, 0.1) is 0 Å². The van der Waals surface area contributed by atoms with Gasteiger partial charge in [-0.2, -0.15) is 0 Å². The number of hydrogen-bond acceptors (Lipinski definition) is 2. The smallest absolute Gasteiger partial charge is 0.251 e. The van der Waals surface area contributed by atoms with Gasteiger partial charge >= 0.3 is 0 Å².